The van der Waals surface area contributed by atoms with Gasteiger partial charge >= 0.3 is 0 Å². The van der Waals surface area contributed by atoms with E-state index in [9.17, 15) is 0 Å². The number of aliphatic hydroxyl groups is 1. The van der Waals surface area contributed by atoms with Crippen LogP contribution in [0.2, 0.25) is 0 Å². The van der Waals surface area contributed by atoms with E-state index in [1.54, 1.807) is 0 Å². The molecule has 4 heteroatoms. The maximum Gasteiger partial charge on any atom is 0.131 e. The first-order valence-corrected chi connectivity index (χ1v) is 6.85. The highest BCUT2D eigenvalue weighted by molar-refractivity contribution is 7.80. The molecule has 1 aromatic rings. The number of benzene rings is 1. The maximum atomic E-state index is 8.86. The summed E-state index contributed by atoms with van der Waals surface area (Å²) in [5.41, 5.74) is 3.73. The number of likely N-dealkylation sites (N-methyl/N-ethyl adjacent to an activating group) is 1. The highest BCUT2D eigenvalue weighted by Crippen LogP contribution is 2.23. The van der Waals surface area contributed by atoms with Crippen molar-refractivity contribution in [3.63, 3.8) is 0 Å². The van der Waals surface area contributed by atoms with Gasteiger partial charge in [-0.3, -0.25) is 0 Å². The second kappa shape index (κ2) is 7.67. The molecule has 0 aliphatic carbocycles. The van der Waals surface area contributed by atoms with Gasteiger partial charge in [0.15, 0.2) is 0 Å². The fraction of sp³-hybridized carbons (Fsp3) is 0.571. The quantitative estimate of drug-likeness (QED) is 0.587. The fourth-order valence-corrected chi connectivity index (χ4v) is 2.08. The second-order valence-corrected chi connectivity index (χ2v) is 4.85. The second-order valence-electron chi connectivity index (χ2n) is 4.59. The molecule has 0 aliphatic heterocycles. The van der Waals surface area contributed by atoms with Crippen LogP contribution in [0.5, 0.6) is 5.75 Å². The average molecular weight is 269 g/mol. The number of nitrogens with zero attached hydrogens (tertiary/aromatic N) is 1. The number of hydrogen-bond donors (Lipinski definition) is 2. The normalized spacial score (nSPS) is 11.0. The Bertz CT molecular complexity index is 382. The summed E-state index contributed by atoms with van der Waals surface area (Å²) in [7, 11) is 2.02. The van der Waals surface area contributed by atoms with Gasteiger partial charge in [-0.05, 0) is 50.1 Å². The van der Waals surface area contributed by atoms with Gasteiger partial charge in [-0.2, -0.15) is 0 Å². The molecule has 0 saturated heterocycles. The van der Waals surface area contributed by atoms with Crippen LogP contribution in [0, 0.1) is 13.8 Å². The molecule has 0 saturated carbocycles. The minimum absolute atomic E-state index is 0.212. The summed E-state index contributed by atoms with van der Waals surface area (Å²) in [5, 5.41) is 8.86. The third-order valence-corrected chi connectivity index (χ3v) is 3.23. The number of ether oxygens (including phenoxy) is 1. The van der Waals surface area contributed by atoms with Gasteiger partial charge in [-0.25, -0.2) is 0 Å². The van der Waals surface area contributed by atoms with Crippen molar-refractivity contribution in [3.05, 3.63) is 28.8 Å². The molecule has 0 radical (unpaired) electrons. The molecule has 0 spiro atoms. The van der Waals surface area contributed by atoms with Gasteiger partial charge in [0.1, 0.15) is 11.7 Å². The Morgan fingerprint density at radius 1 is 1.22 bits per heavy atom. The van der Waals surface area contributed by atoms with Crippen LogP contribution < -0.4 is 4.74 Å². The molecule has 0 amide bonds. The molecule has 1 aromatic carbocycles. The zero-order valence-electron chi connectivity index (χ0n) is 11.4. The molecule has 1 rings (SSSR count). The summed E-state index contributed by atoms with van der Waals surface area (Å²) in [6.45, 7) is 6.04. The molecule has 0 atom stereocenters. The highest BCUT2D eigenvalue weighted by atomic mass is 32.1. The van der Waals surface area contributed by atoms with Gasteiger partial charge in [0.25, 0.3) is 0 Å². The molecule has 0 fully saturated rings. The van der Waals surface area contributed by atoms with E-state index < -0.39 is 0 Å². The van der Waals surface area contributed by atoms with Gasteiger partial charge in [-0.1, -0.05) is 6.07 Å². The van der Waals surface area contributed by atoms with E-state index in [2.05, 4.69) is 43.5 Å². The Morgan fingerprint density at radius 2 is 1.94 bits per heavy atom. The first-order valence-electron chi connectivity index (χ1n) is 6.21. The summed E-state index contributed by atoms with van der Waals surface area (Å²) in [6.07, 6.45) is 0.990. The van der Waals surface area contributed by atoms with Crippen molar-refractivity contribution in [2.75, 3.05) is 32.7 Å². The summed E-state index contributed by atoms with van der Waals surface area (Å²) in [4.78, 5) is 2.13. The van der Waals surface area contributed by atoms with Gasteiger partial charge in [0.2, 0.25) is 0 Å². The van der Waals surface area contributed by atoms with Crippen molar-refractivity contribution >= 4 is 12.6 Å². The molecule has 0 aliphatic rings. The lowest BCUT2D eigenvalue weighted by atomic mass is 10.0. The van der Waals surface area contributed by atoms with E-state index in [0.717, 1.165) is 30.8 Å². The van der Waals surface area contributed by atoms with Crippen LogP contribution in [-0.2, 0) is 6.42 Å². The zero-order valence-corrected chi connectivity index (χ0v) is 12.3. The SMILES string of the molecule is Cc1cc(OCS)c(C)cc1CCN(C)CCO. The third kappa shape index (κ3) is 4.52. The molecule has 0 heterocycles. The Hall–Kier alpha value is -0.710. The Kier molecular flexibility index (Phi) is 6.54. The summed E-state index contributed by atoms with van der Waals surface area (Å²) >= 11 is 4.08. The van der Waals surface area contributed by atoms with E-state index in [0.29, 0.717) is 5.94 Å². The van der Waals surface area contributed by atoms with Crippen LogP contribution >= 0.6 is 12.6 Å². The summed E-state index contributed by atoms with van der Waals surface area (Å²) in [6, 6.07) is 4.26. The van der Waals surface area contributed by atoms with Crippen molar-refractivity contribution in [2.24, 2.45) is 0 Å². The topological polar surface area (TPSA) is 32.7 Å². The van der Waals surface area contributed by atoms with Crippen LogP contribution in [0.25, 0.3) is 0 Å². The summed E-state index contributed by atoms with van der Waals surface area (Å²) in [5.74, 6) is 1.31. The lowest BCUT2D eigenvalue weighted by Gasteiger charge is -2.17. The Labute approximate surface area is 115 Å². The van der Waals surface area contributed by atoms with Gasteiger partial charge in [0, 0.05) is 13.1 Å². The van der Waals surface area contributed by atoms with Crippen LogP contribution in [0.4, 0.5) is 0 Å². The molecular weight excluding hydrogens is 246 g/mol. The summed E-state index contributed by atoms with van der Waals surface area (Å²) < 4.78 is 5.46. The van der Waals surface area contributed by atoms with Crippen LogP contribution in [0.3, 0.4) is 0 Å². The van der Waals surface area contributed by atoms with Gasteiger partial charge in [0.05, 0.1) is 6.61 Å². The molecule has 1 N–H and O–H groups in total. The maximum absolute atomic E-state index is 8.86. The zero-order chi connectivity index (χ0) is 13.5. The lowest BCUT2D eigenvalue weighted by Crippen LogP contribution is -2.24. The van der Waals surface area contributed by atoms with Gasteiger partial charge < -0.3 is 14.7 Å². The molecule has 0 unspecified atom stereocenters. The predicted molar refractivity (Wildman–Crippen MR) is 78.7 cm³/mol. The van der Waals surface area contributed by atoms with E-state index in [1.807, 2.05) is 7.05 Å². The minimum atomic E-state index is 0.212. The van der Waals surface area contributed by atoms with Gasteiger partial charge in [-0.15, -0.1) is 12.6 Å². The third-order valence-electron chi connectivity index (χ3n) is 3.10. The monoisotopic (exact) mass is 269 g/mol. The standard InChI is InChI=1S/C14H23NO2S/c1-11-9-14(17-10-18)12(2)8-13(11)4-5-15(3)6-7-16/h8-9,16,18H,4-7,10H2,1-3H3. The number of hydrogen-bond acceptors (Lipinski definition) is 4. The van der Waals surface area contributed by atoms with Crippen LogP contribution in [-0.4, -0.2) is 42.7 Å². The molecule has 0 aromatic heterocycles. The number of thiol groups is 1. The molecular formula is C14H23NO2S. The fourth-order valence-electron chi connectivity index (χ4n) is 1.94. The first kappa shape index (κ1) is 15.3. The van der Waals surface area contributed by atoms with Crippen LogP contribution in [0.15, 0.2) is 12.1 Å². The highest BCUT2D eigenvalue weighted by Gasteiger charge is 2.06. The molecule has 18 heavy (non-hydrogen) atoms. The minimum Gasteiger partial charge on any atom is -0.483 e. The van der Waals surface area contributed by atoms with E-state index in [1.165, 1.54) is 11.1 Å². The van der Waals surface area contributed by atoms with Crippen molar-refractivity contribution in [1.82, 2.24) is 4.90 Å². The number of aryl methyl sites for hydroxylation is 2. The van der Waals surface area contributed by atoms with E-state index >= 15 is 0 Å². The molecule has 3 nitrogen and oxygen atoms in total. The van der Waals surface area contributed by atoms with E-state index in [-0.39, 0.29) is 6.61 Å². The van der Waals surface area contributed by atoms with Crippen molar-refractivity contribution < 1.29 is 9.84 Å². The molecule has 102 valence electrons. The first-order chi connectivity index (χ1) is 8.58. The average Bonchev–Trinajstić information content (AvgIpc) is 2.32. The number of rotatable bonds is 7. The van der Waals surface area contributed by atoms with Crippen molar-refractivity contribution in [1.29, 1.82) is 0 Å². The largest absolute Gasteiger partial charge is 0.483 e. The Balaban J connectivity index is 2.69. The number of aliphatic hydroxyl groups excluding tert-OH is 1. The van der Waals surface area contributed by atoms with Crippen molar-refractivity contribution in [3.8, 4) is 5.75 Å². The van der Waals surface area contributed by atoms with Crippen LogP contribution in [0.1, 0.15) is 16.7 Å². The predicted octanol–water partition coefficient (Wildman–Crippen LogP) is 2.04. The van der Waals surface area contributed by atoms with E-state index in [4.69, 9.17) is 9.84 Å². The lowest BCUT2D eigenvalue weighted by molar-refractivity contribution is 0.223. The molecule has 0 bridgehead atoms. The Morgan fingerprint density at radius 3 is 2.56 bits per heavy atom. The smallest absolute Gasteiger partial charge is 0.131 e. The van der Waals surface area contributed by atoms with Crippen molar-refractivity contribution in [2.45, 2.75) is 20.3 Å².